The number of nitrogens with one attached hydrogen (secondary N) is 1. The van der Waals surface area contributed by atoms with Crippen molar-refractivity contribution in [2.24, 2.45) is 20.5 Å². The van der Waals surface area contributed by atoms with Crippen molar-refractivity contribution in [2.75, 3.05) is 5.32 Å². The van der Waals surface area contributed by atoms with Gasteiger partial charge in [-0.1, -0.05) is 6.07 Å². The summed E-state index contributed by atoms with van der Waals surface area (Å²) in [5.41, 5.74) is 2.90. The van der Waals surface area contributed by atoms with Crippen LogP contribution >= 0.6 is 24.1 Å². The first-order valence-electron chi connectivity index (χ1n) is 10.3. The summed E-state index contributed by atoms with van der Waals surface area (Å²) >= 11 is 1.52. The first-order chi connectivity index (χ1) is 18.2. The minimum Gasteiger partial charge on any atom is -0.691 e. The molecule has 0 bridgehead atoms. The SMILES string of the molecule is O=CNc1ccc(N=Nc2ccc(N=Nc3ccc(SOO[O-])cc3)c3cc(SOO[O-])ccc23)cc1.[Li+].[Li+]. The smallest absolute Gasteiger partial charge is 0.691 e. The van der Waals surface area contributed by atoms with Gasteiger partial charge in [-0.15, -0.1) is 10.2 Å². The van der Waals surface area contributed by atoms with Crippen molar-refractivity contribution < 1.29 is 71.8 Å². The standard InChI is InChI=1S/C23H17N5O7S2.2Li/c29-14-24-15-1-3-16(4-2-15)25-27-22-11-12-23(21-13-19(37-35-33-31)9-10-20(21)22)28-26-17-5-7-18(8-6-17)36-34-32-30;;/h1-14,30-31H,(H,24,29);;/q;2*+1/p-2. The zero-order chi connectivity index (χ0) is 25.9. The van der Waals surface area contributed by atoms with E-state index in [9.17, 15) is 15.3 Å². The number of anilines is 1. The molecule has 0 radical (unpaired) electrons. The Kier molecular flexibility index (Phi) is 14.4. The fraction of sp³-hybridized carbons (Fsp3) is 0. The van der Waals surface area contributed by atoms with Gasteiger partial charge in [0.25, 0.3) is 0 Å². The molecule has 0 fully saturated rings. The van der Waals surface area contributed by atoms with E-state index in [2.05, 4.69) is 44.5 Å². The van der Waals surface area contributed by atoms with Gasteiger partial charge in [0.05, 0.1) is 46.8 Å². The predicted octanol–water partition coefficient (Wildman–Crippen LogP) is -0.292. The molecular weight excluding hydrogens is 536 g/mol. The zero-order valence-corrected chi connectivity index (χ0v) is 22.2. The maximum absolute atomic E-state index is 10.6. The van der Waals surface area contributed by atoms with Gasteiger partial charge < -0.3 is 15.8 Å². The Hall–Kier alpha value is -2.54. The Labute approximate surface area is 254 Å². The van der Waals surface area contributed by atoms with Crippen LogP contribution in [0.2, 0.25) is 0 Å². The van der Waals surface area contributed by atoms with Crippen LogP contribution in [0.4, 0.5) is 28.4 Å². The molecule has 16 heteroatoms. The molecular formula is C23H15Li2N5O7S2. The van der Waals surface area contributed by atoms with Gasteiger partial charge in [-0.3, -0.25) is 14.9 Å². The van der Waals surface area contributed by atoms with Crippen molar-refractivity contribution in [1.29, 1.82) is 0 Å². The molecule has 39 heavy (non-hydrogen) atoms. The second-order valence-electron chi connectivity index (χ2n) is 6.95. The molecule has 4 aromatic rings. The molecule has 0 aromatic heterocycles. The molecule has 1 N–H and O–H groups in total. The number of carbonyl (C=O) groups excluding carboxylic acids is 1. The van der Waals surface area contributed by atoms with E-state index in [1.807, 2.05) is 0 Å². The Morgan fingerprint density at radius 2 is 1.15 bits per heavy atom. The van der Waals surface area contributed by atoms with Crippen LogP contribution in [0, 0.1) is 0 Å². The Morgan fingerprint density at radius 1 is 0.641 bits per heavy atom. The van der Waals surface area contributed by atoms with Crippen LogP contribution in [0.15, 0.2) is 109 Å². The topological polar surface area (TPSA) is 162 Å². The van der Waals surface area contributed by atoms with Crippen molar-refractivity contribution >= 4 is 69.7 Å². The fourth-order valence-electron chi connectivity index (χ4n) is 3.11. The first kappa shape index (κ1) is 32.7. The molecule has 188 valence electrons. The zero-order valence-electron chi connectivity index (χ0n) is 20.5. The van der Waals surface area contributed by atoms with Gasteiger partial charge in [-0.05, 0) is 72.8 Å². The van der Waals surface area contributed by atoms with Gasteiger partial charge in [-0.25, -0.2) is 0 Å². The van der Waals surface area contributed by atoms with Crippen molar-refractivity contribution in [3.8, 4) is 0 Å². The number of carbonyl (C=O) groups is 1. The van der Waals surface area contributed by atoms with Crippen molar-refractivity contribution in [3.05, 3.63) is 78.9 Å². The van der Waals surface area contributed by atoms with Gasteiger partial charge in [0, 0.05) is 26.3 Å². The van der Waals surface area contributed by atoms with E-state index in [0.29, 0.717) is 50.0 Å². The van der Waals surface area contributed by atoms with Crippen LogP contribution < -0.4 is 53.6 Å². The molecule has 0 aliphatic carbocycles. The van der Waals surface area contributed by atoms with Gasteiger partial charge in [0.2, 0.25) is 6.41 Å². The molecule has 1 amide bonds. The Balaban J connectivity index is 0.00000267. The number of fused-ring (bicyclic) bond motifs is 1. The summed E-state index contributed by atoms with van der Waals surface area (Å²) < 4.78 is 8.72. The number of hydrogen-bond donors (Lipinski definition) is 1. The van der Waals surface area contributed by atoms with E-state index in [-0.39, 0.29) is 37.7 Å². The minimum absolute atomic E-state index is 0. The van der Waals surface area contributed by atoms with E-state index < -0.39 is 0 Å². The van der Waals surface area contributed by atoms with Crippen LogP contribution in [0.1, 0.15) is 0 Å². The number of benzene rings is 4. The van der Waals surface area contributed by atoms with Crippen LogP contribution in [0.25, 0.3) is 10.8 Å². The molecule has 0 atom stereocenters. The number of azo groups is 2. The third kappa shape index (κ3) is 9.56. The van der Waals surface area contributed by atoms with E-state index in [4.69, 9.17) is 0 Å². The molecule has 0 heterocycles. The third-order valence-corrected chi connectivity index (χ3v) is 5.89. The molecule has 0 saturated carbocycles. The second kappa shape index (κ2) is 17.2. The van der Waals surface area contributed by atoms with Crippen LogP contribution in [-0.4, -0.2) is 6.41 Å². The maximum Gasteiger partial charge on any atom is 1.00 e. The fourth-order valence-corrected chi connectivity index (χ4v) is 3.86. The van der Waals surface area contributed by atoms with Gasteiger partial charge >= 0.3 is 37.7 Å². The van der Waals surface area contributed by atoms with Gasteiger partial charge in [0.15, 0.2) is 0 Å². The number of rotatable bonds is 12. The van der Waals surface area contributed by atoms with E-state index >= 15 is 0 Å². The van der Waals surface area contributed by atoms with Crippen molar-refractivity contribution in [1.82, 2.24) is 0 Å². The van der Waals surface area contributed by atoms with E-state index in [0.717, 1.165) is 29.5 Å². The average Bonchev–Trinajstić information content (AvgIpc) is 2.94. The molecule has 4 rings (SSSR count). The van der Waals surface area contributed by atoms with Gasteiger partial charge in [0.1, 0.15) is 0 Å². The monoisotopic (exact) mass is 551 g/mol. The normalized spacial score (nSPS) is 10.9. The van der Waals surface area contributed by atoms with Crippen LogP contribution in [-0.2, 0) is 23.5 Å². The van der Waals surface area contributed by atoms with Crippen molar-refractivity contribution in [3.63, 3.8) is 0 Å². The van der Waals surface area contributed by atoms with E-state index in [1.54, 1.807) is 78.9 Å². The molecule has 0 spiro atoms. The minimum atomic E-state index is 0. The number of nitrogens with zero attached hydrogens (tertiary/aromatic N) is 4. The second-order valence-corrected chi connectivity index (χ2v) is 8.50. The molecule has 4 aromatic carbocycles. The summed E-state index contributed by atoms with van der Waals surface area (Å²) in [6.07, 6.45) is 0.595. The van der Waals surface area contributed by atoms with Crippen LogP contribution in [0.3, 0.4) is 0 Å². The molecule has 0 saturated heterocycles. The third-order valence-electron chi connectivity index (χ3n) is 4.73. The molecule has 0 aliphatic rings. The van der Waals surface area contributed by atoms with Gasteiger partial charge in [-0.2, -0.15) is 18.9 Å². The quantitative estimate of drug-likeness (QED) is 0.0623. The largest absolute Gasteiger partial charge is 1.00 e. The number of hydrogen-bond acceptors (Lipinski definition) is 13. The maximum atomic E-state index is 10.6. The summed E-state index contributed by atoms with van der Waals surface area (Å²) in [6, 6.07) is 22.4. The molecule has 0 aliphatic heterocycles. The molecule has 12 nitrogen and oxygen atoms in total. The summed E-state index contributed by atoms with van der Waals surface area (Å²) in [4.78, 5) is 11.8. The Bertz CT molecular complexity index is 1410. The summed E-state index contributed by atoms with van der Waals surface area (Å²) in [5.74, 6) is 0. The summed E-state index contributed by atoms with van der Waals surface area (Å²) in [5, 5.41) is 48.2. The summed E-state index contributed by atoms with van der Waals surface area (Å²) in [6.45, 7) is 0. The molecule has 0 unspecified atom stereocenters. The Morgan fingerprint density at radius 3 is 1.72 bits per heavy atom. The van der Waals surface area contributed by atoms with Crippen LogP contribution in [0.5, 0.6) is 0 Å². The first-order valence-corrected chi connectivity index (χ1v) is 11.8. The predicted molar refractivity (Wildman–Crippen MR) is 131 cm³/mol. The number of amides is 1. The summed E-state index contributed by atoms with van der Waals surface area (Å²) in [7, 11) is 0. The average molecular weight is 551 g/mol. The van der Waals surface area contributed by atoms with Crippen molar-refractivity contribution in [2.45, 2.75) is 9.79 Å². The van der Waals surface area contributed by atoms with E-state index in [1.165, 1.54) is 0 Å².